The Labute approximate surface area is 101 Å². The topological polar surface area (TPSA) is 80.4 Å². The molecule has 94 valence electrons. The van der Waals surface area contributed by atoms with E-state index in [1.165, 1.54) is 11.8 Å². The number of ketones is 1. The van der Waals surface area contributed by atoms with Crippen molar-refractivity contribution >= 4 is 23.5 Å². The second kappa shape index (κ2) is 9.66. The SMILES string of the molecule is CCCCC(=O)CCCSC[C@H](N)C(=O)O. The molecule has 0 aliphatic heterocycles. The number of carbonyl (C=O) groups is 2. The summed E-state index contributed by atoms with van der Waals surface area (Å²) in [7, 11) is 0. The van der Waals surface area contributed by atoms with Crippen LogP contribution in [0.3, 0.4) is 0 Å². The molecule has 4 nitrogen and oxygen atoms in total. The zero-order chi connectivity index (χ0) is 12.4. The van der Waals surface area contributed by atoms with Crippen LogP contribution in [0.5, 0.6) is 0 Å². The normalized spacial score (nSPS) is 12.4. The minimum Gasteiger partial charge on any atom is -0.480 e. The van der Waals surface area contributed by atoms with Crippen molar-refractivity contribution in [2.24, 2.45) is 5.73 Å². The first kappa shape index (κ1) is 15.4. The van der Waals surface area contributed by atoms with Crippen molar-refractivity contribution in [2.45, 2.75) is 45.1 Å². The third kappa shape index (κ3) is 8.73. The highest BCUT2D eigenvalue weighted by atomic mass is 32.2. The Morgan fingerprint density at radius 3 is 2.50 bits per heavy atom. The molecular weight excluding hydrogens is 226 g/mol. The van der Waals surface area contributed by atoms with E-state index in [4.69, 9.17) is 10.8 Å². The smallest absolute Gasteiger partial charge is 0.321 e. The van der Waals surface area contributed by atoms with E-state index >= 15 is 0 Å². The number of thioether (sulfide) groups is 1. The zero-order valence-corrected chi connectivity index (χ0v) is 10.6. The van der Waals surface area contributed by atoms with Gasteiger partial charge in [-0.2, -0.15) is 11.8 Å². The van der Waals surface area contributed by atoms with Crippen LogP contribution in [0.2, 0.25) is 0 Å². The largest absolute Gasteiger partial charge is 0.480 e. The second-order valence-corrected chi connectivity index (χ2v) is 4.92. The second-order valence-electron chi connectivity index (χ2n) is 3.77. The van der Waals surface area contributed by atoms with Gasteiger partial charge in [0, 0.05) is 18.6 Å². The number of Topliss-reactive ketones (excluding diaryl/α,β-unsaturated/α-hetero) is 1. The molecule has 0 aliphatic carbocycles. The number of hydrogen-bond donors (Lipinski definition) is 2. The molecule has 0 rings (SSSR count). The van der Waals surface area contributed by atoms with E-state index in [1.54, 1.807) is 0 Å². The molecule has 0 spiro atoms. The first-order valence-electron chi connectivity index (χ1n) is 5.65. The van der Waals surface area contributed by atoms with E-state index in [-0.39, 0.29) is 0 Å². The molecule has 0 saturated carbocycles. The van der Waals surface area contributed by atoms with Gasteiger partial charge in [-0.05, 0) is 18.6 Å². The number of carbonyl (C=O) groups excluding carboxylic acids is 1. The van der Waals surface area contributed by atoms with Gasteiger partial charge in [-0.15, -0.1) is 0 Å². The van der Waals surface area contributed by atoms with Crippen LogP contribution in [0.15, 0.2) is 0 Å². The molecule has 0 bridgehead atoms. The molecule has 0 aromatic heterocycles. The van der Waals surface area contributed by atoms with E-state index in [0.29, 0.717) is 24.4 Å². The van der Waals surface area contributed by atoms with Gasteiger partial charge in [0.25, 0.3) is 0 Å². The van der Waals surface area contributed by atoms with E-state index in [9.17, 15) is 9.59 Å². The molecule has 0 aromatic carbocycles. The maximum absolute atomic E-state index is 11.3. The number of aliphatic carboxylic acids is 1. The summed E-state index contributed by atoms with van der Waals surface area (Å²) in [5, 5.41) is 8.53. The number of nitrogens with two attached hydrogens (primary N) is 1. The number of carboxylic acid groups (broad SMARTS) is 1. The molecule has 0 fully saturated rings. The van der Waals surface area contributed by atoms with Crippen LogP contribution in [0.25, 0.3) is 0 Å². The first-order valence-corrected chi connectivity index (χ1v) is 6.81. The molecular formula is C11H21NO3S. The average Bonchev–Trinajstić information content (AvgIpc) is 2.25. The van der Waals surface area contributed by atoms with Crippen molar-refractivity contribution in [3.63, 3.8) is 0 Å². The summed E-state index contributed by atoms with van der Waals surface area (Å²) in [5.74, 6) is 0.564. The zero-order valence-electron chi connectivity index (χ0n) is 9.78. The molecule has 0 aromatic rings. The van der Waals surface area contributed by atoms with Crippen molar-refractivity contribution in [3.8, 4) is 0 Å². The molecule has 0 aliphatic rings. The Balaban J connectivity index is 3.33. The standard InChI is InChI=1S/C11H21NO3S/c1-2-3-5-9(13)6-4-7-16-8-10(12)11(14)15/h10H,2-8,12H2,1H3,(H,14,15)/t10-/m0/s1. The van der Waals surface area contributed by atoms with Crippen LogP contribution < -0.4 is 5.73 Å². The van der Waals surface area contributed by atoms with Gasteiger partial charge in [0.2, 0.25) is 0 Å². The van der Waals surface area contributed by atoms with Gasteiger partial charge < -0.3 is 10.8 Å². The number of carboxylic acids is 1. The van der Waals surface area contributed by atoms with Gasteiger partial charge in [-0.1, -0.05) is 13.3 Å². The molecule has 3 N–H and O–H groups in total. The van der Waals surface area contributed by atoms with E-state index < -0.39 is 12.0 Å². The lowest BCUT2D eigenvalue weighted by Gasteiger charge is -2.05. The van der Waals surface area contributed by atoms with Crippen LogP contribution in [-0.2, 0) is 9.59 Å². The van der Waals surface area contributed by atoms with Gasteiger partial charge in [-0.25, -0.2) is 0 Å². The highest BCUT2D eigenvalue weighted by molar-refractivity contribution is 7.99. The van der Waals surface area contributed by atoms with Gasteiger partial charge in [0.05, 0.1) is 0 Å². The highest BCUT2D eigenvalue weighted by Crippen LogP contribution is 2.08. The van der Waals surface area contributed by atoms with E-state index in [1.807, 2.05) is 0 Å². The quantitative estimate of drug-likeness (QED) is 0.574. The fourth-order valence-electron chi connectivity index (χ4n) is 1.15. The lowest BCUT2D eigenvalue weighted by atomic mass is 10.1. The molecule has 0 radical (unpaired) electrons. The van der Waals surface area contributed by atoms with Gasteiger partial charge >= 0.3 is 5.97 Å². The minimum absolute atomic E-state index is 0.310. The number of rotatable bonds is 10. The molecule has 0 unspecified atom stereocenters. The van der Waals surface area contributed by atoms with Crippen molar-refractivity contribution in [1.82, 2.24) is 0 Å². The van der Waals surface area contributed by atoms with Crippen molar-refractivity contribution in [2.75, 3.05) is 11.5 Å². The van der Waals surface area contributed by atoms with Crippen LogP contribution in [0.1, 0.15) is 39.0 Å². The maximum Gasteiger partial charge on any atom is 0.321 e. The Bertz CT molecular complexity index is 221. The first-order chi connectivity index (χ1) is 7.57. The average molecular weight is 247 g/mol. The Morgan fingerprint density at radius 2 is 1.94 bits per heavy atom. The van der Waals surface area contributed by atoms with Crippen molar-refractivity contribution < 1.29 is 14.7 Å². The third-order valence-corrected chi connectivity index (χ3v) is 3.34. The summed E-state index contributed by atoms with van der Waals surface area (Å²) in [6.45, 7) is 2.07. The molecule has 0 saturated heterocycles. The predicted molar refractivity (Wildman–Crippen MR) is 66.7 cm³/mol. The summed E-state index contributed by atoms with van der Waals surface area (Å²) in [5.41, 5.74) is 5.34. The highest BCUT2D eigenvalue weighted by Gasteiger charge is 2.10. The Kier molecular flexibility index (Phi) is 9.33. The fourth-order valence-corrected chi connectivity index (χ4v) is 2.06. The number of hydrogen-bond acceptors (Lipinski definition) is 4. The van der Waals surface area contributed by atoms with Crippen LogP contribution in [0.4, 0.5) is 0 Å². The van der Waals surface area contributed by atoms with Crippen LogP contribution in [0, 0.1) is 0 Å². The van der Waals surface area contributed by atoms with Gasteiger partial charge in [0.1, 0.15) is 11.8 Å². The van der Waals surface area contributed by atoms with E-state index in [0.717, 1.165) is 25.0 Å². The lowest BCUT2D eigenvalue weighted by Crippen LogP contribution is -2.32. The maximum atomic E-state index is 11.3. The molecule has 1 atom stereocenters. The monoisotopic (exact) mass is 247 g/mol. The summed E-state index contributed by atoms with van der Waals surface area (Å²) < 4.78 is 0. The van der Waals surface area contributed by atoms with Crippen LogP contribution >= 0.6 is 11.8 Å². The summed E-state index contributed by atoms with van der Waals surface area (Å²) in [4.78, 5) is 21.7. The summed E-state index contributed by atoms with van der Waals surface area (Å²) in [6.07, 6.45) is 4.12. The summed E-state index contributed by atoms with van der Waals surface area (Å²) >= 11 is 1.50. The molecule has 16 heavy (non-hydrogen) atoms. The Hall–Kier alpha value is -0.550. The predicted octanol–water partition coefficient (Wildman–Crippen LogP) is 1.67. The van der Waals surface area contributed by atoms with Gasteiger partial charge in [0.15, 0.2) is 0 Å². The molecule has 0 amide bonds. The lowest BCUT2D eigenvalue weighted by molar-refractivity contribution is -0.137. The summed E-state index contributed by atoms with van der Waals surface area (Å²) in [6, 6.07) is -0.791. The van der Waals surface area contributed by atoms with Crippen molar-refractivity contribution in [1.29, 1.82) is 0 Å². The number of unbranched alkanes of at least 4 members (excludes halogenated alkanes) is 1. The van der Waals surface area contributed by atoms with Crippen LogP contribution in [-0.4, -0.2) is 34.4 Å². The van der Waals surface area contributed by atoms with E-state index in [2.05, 4.69) is 6.92 Å². The van der Waals surface area contributed by atoms with Gasteiger partial charge in [-0.3, -0.25) is 9.59 Å². The minimum atomic E-state index is -0.966. The fraction of sp³-hybridized carbons (Fsp3) is 0.818. The third-order valence-electron chi connectivity index (χ3n) is 2.17. The van der Waals surface area contributed by atoms with Crippen molar-refractivity contribution in [3.05, 3.63) is 0 Å². The molecule has 0 heterocycles. The molecule has 5 heteroatoms. The Morgan fingerprint density at radius 1 is 1.31 bits per heavy atom.